The van der Waals surface area contributed by atoms with Crippen LogP contribution in [0.2, 0.25) is 0 Å². The summed E-state index contributed by atoms with van der Waals surface area (Å²) in [5, 5.41) is 11.8. The highest BCUT2D eigenvalue weighted by Crippen LogP contribution is 2.27. The molecule has 0 aliphatic carbocycles. The molecule has 0 aliphatic heterocycles. The summed E-state index contributed by atoms with van der Waals surface area (Å²) in [6.07, 6.45) is 12.6. The number of aromatic nitrogens is 6. The van der Waals surface area contributed by atoms with Gasteiger partial charge in [0.2, 0.25) is 0 Å². The minimum Gasteiger partial charge on any atom is -0.397 e. The first-order chi connectivity index (χ1) is 16.9. The van der Waals surface area contributed by atoms with Crippen molar-refractivity contribution in [1.82, 2.24) is 35.0 Å². The van der Waals surface area contributed by atoms with Gasteiger partial charge in [0.15, 0.2) is 0 Å². The Morgan fingerprint density at radius 2 is 1.91 bits per heavy atom. The number of nitrogens with two attached hydrogens (primary N) is 1. The summed E-state index contributed by atoms with van der Waals surface area (Å²) < 4.78 is 1.97. The minimum atomic E-state index is 0.584. The Labute approximate surface area is 206 Å². The predicted octanol–water partition coefficient (Wildman–Crippen LogP) is 5.71. The van der Waals surface area contributed by atoms with E-state index in [2.05, 4.69) is 43.6 Å². The number of nitrogen functional groups attached to an aromatic ring is 1. The van der Waals surface area contributed by atoms with Crippen molar-refractivity contribution in [2.24, 2.45) is 0 Å². The molecule has 0 spiro atoms. The molecule has 180 valence electrons. The van der Waals surface area contributed by atoms with Crippen LogP contribution in [-0.2, 0) is 0 Å². The molecule has 0 bridgehead atoms. The second-order valence-corrected chi connectivity index (χ2v) is 7.76. The molecule has 0 saturated carbocycles. The maximum absolute atomic E-state index is 5.88. The van der Waals surface area contributed by atoms with Crippen LogP contribution in [0.15, 0.2) is 79.8 Å². The van der Waals surface area contributed by atoms with Gasteiger partial charge in [-0.25, -0.2) is 4.98 Å². The van der Waals surface area contributed by atoms with E-state index in [0.717, 1.165) is 44.8 Å². The third kappa shape index (κ3) is 5.55. The fourth-order valence-corrected chi connectivity index (χ4v) is 3.54. The van der Waals surface area contributed by atoms with Crippen LogP contribution in [0.3, 0.4) is 0 Å². The minimum absolute atomic E-state index is 0.584. The van der Waals surface area contributed by atoms with Crippen LogP contribution in [0.5, 0.6) is 0 Å². The van der Waals surface area contributed by atoms with E-state index in [0.29, 0.717) is 17.1 Å². The van der Waals surface area contributed by atoms with E-state index in [9.17, 15) is 0 Å². The zero-order valence-corrected chi connectivity index (χ0v) is 20.9. The van der Waals surface area contributed by atoms with Gasteiger partial charge in [-0.3, -0.25) is 15.1 Å². The van der Waals surface area contributed by atoms with Crippen molar-refractivity contribution in [2.45, 2.75) is 34.6 Å². The number of fused-ring (bicyclic) bond motifs is 1. The molecule has 4 aromatic rings. The topological polar surface area (TPSA) is 110 Å². The van der Waals surface area contributed by atoms with E-state index >= 15 is 0 Å². The average molecular weight is 469 g/mol. The summed E-state index contributed by atoms with van der Waals surface area (Å²) in [5.74, 6) is 0. The normalized spacial score (nSPS) is 12.0. The summed E-state index contributed by atoms with van der Waals surface area (Å²) in [4.78, 5) is 13.0. The number of H-pyrrole nitrogens is 1. The Morgan fingerprint density at radius 3 is 2.57 bits per heavy atom. The summed E-state index contributed by atoms with van der Waals surface area (Å²) in [6, 6.07) is 3.80. The quantitative estimate of drug-likeness (QED) is 0.299. The lowest BCUT2D eigenvalue weighted by Gasteiger charge is -2.15. The maximum Gasteiger partial charge on any atom is 0.116 e. The lowest BCUT2D eigenvalue weighted by molar-refractivity contribution is 0.999. The van der Waals surface area contributed by atoms with Gasteiger partial charge in [-0.05, 0) is 44.6 Å². The molecule has 8 nitrogen and oxygen atoms in total. The van der Waals surface area contributed by atoms with E-state index in [1.54, 1.807) is 31.0 Å². The summed E-state index contributed by atoms with van der Waals surface area (Å²) in [6.45, 7) is 18.1. The Kier molecular flexibility index (Phi) is 7.99. The lowest BCUT2D eigenvalue weighted by Crippen LogP contribution is -2.12. The number of aromatic amines is 1. The zero-order valence-electron chi connectivity index (χ0n) is 20.9. The maximum atomic E-state index is 5.88. The van der Waals surface area contributed by atoms with Gasteiger partial charge < -0.3 is 15.6 Å². The van der Waals surface area contributed by atoms with Gasteiger partial charge in [-0.1, -0.05) is 33.1 Å². The van der Waals surface area contributed by atoms with Crippen LogP contribution in [0.25, 0.3) is 33.6 Å². The van der Waals surface area contributed by atoms with Gasteiger partial charge in [-0.2, -0.15) is 5.10 Å². The van der Waals surface area contributed by atoms with E-state index in [4.69, 9.17) is 5.73 Å². The number of aryl methyl sites for hydroxylation is 1. The molecule has 0 radical (unpaired) electrons. The largest absolute Gasteiger partial charge is 0.397 e. The molecule has 0 aliphatic rings. The Hall–Kier alpha value is -4.46. The fraction of sp³-hybridized carbons (Fsp3) is 0.185. The molecule has 8 heteroatoms. The van der Waals surface area contributed by atoms with E-state index in [-0.39, 0.29) is 0 Å². The predicted molar refractivity (Wildman–Crippen MR) is 145 cm³/mol. The number of pyridine rings is 2. The standard InChI is InChI=1S/C25H26N8.C2H6/c1-6-7-24(33-13-15(2)29-14-33)16(3)17(4)30-18(5)25-21-9-22(28-12-23(21)31-32-25)19-8-20(26)11-27-10-19;1-2/h6-14,30H,1,5,26H2,2-4H3,(H,31,32);1-2H3/b17-16+,24-7+;. The van der Waals surface area contributed by atoms with E-state index in [1.165, 1.54) is 0 Å². The van der Waals surface area contributed by atoms with Crippen molar-refractivity contribution >= 4 is 28.0 Å². The smallest absolute Gasteiger partial charge is 0.116 e. The molecule has 0 atom stereocenters. The van der Waals surface area contributed by atoms with Crippen LogP contribution >= 0.6 is 0 Å². The second-order valence-electron chi connectivity index (χ2n) is 7.76. The van der Waals surface area contributed by atoms with Crippen molar-refractivity contribution in [3.8, 4) is 11.3 Å². The highest BCUT2D eigenvalue weighted by Gasteiger charge is 2.14. The number of hydrogen-bond donors (Lipinski definition) is 3. The van der Waals surface area contributed by atoms with Gasteiger partial charge in [0, 0.05) is 35.2 Å². The summed E-state index contributed by atoms with van der Waals surface area (Å²) >= 11 is 0. The number of rotatable bonds is 7. The Morgan fingerprint density at radius 1 is 1.14 bits per heavy atom. The van der Waals surface area contributed by atoms with Gasteiger partial charge in [0.1, 0.15) is 5.69 Å². The van der Waals surface area contributed by atoms with Crippen molar-refractivity contribution in [1.29, 1.82) is 0 Å². The fourth-order valence-electron chi connectivity index (χ4n) is 3.54. The summed E-state index contributed by atoms with van der Waals surface area (Å²) in [5.41, 5.74) is 14.1. The third-order valence-corrected chi connectivity index (χ3v) is 5.34. The van der Waals surface area contributed by atoms with Crippen molar-refractivity contribution in [2.75, 3.05) is 5.73 Å². The first kappa shape index (κ1) is 25.2. The van der Waals surface area contributed by atoms with Gasteiger partial charge in [0.05, 0.1) is 46.5 Å². The molecule has 0 fully saturated rings. The Bertz CT molecular complexity index is 1420. The van der Waals surface area contributed by atoms with E-state index < -0.39 is 0 Å². The van der Waals surface area contributed by atoms with Crippen LogP contribution in [-0.4, -0.2) is 29.7 Å². The molecule has 35 heavy (non-hydrogen) atoms. The average Bonchev–Trinajstić information content (AvgIpc) is 3.49. The molecule has 0 aromatic carbocycles. The molecule has 4 rings (SSSR count). The molecule has 0 unspecified atom stereocenters. The van der Waals surface area contributed by atoms with Crippen LogP contribution in [0.4, 0.5) is 5.69 Å². The molecule has 0 saturated heterocycles. The molecule has 4 N–H and O–H groups in total. The highest BCUT2D eigenvalue weighted by molar-refractivity contribution is 5.91. The zero-order chi connectivity index (χ0) is 25.5. The van der Waals surface area contributed by atoms with E-state index in [1.807, 2.05) is 63.6 Å². The molecular formula is C27H32N8. The first-order valence-corrected chi connectivity index (χ1v) is 11.4. The Balaban J connectivity index is 0.00000167. The number of nitrogens with zero attached hydrogens (tertiary/aromatic N) is 5. The first-order valence-electron chi connectivity index (χ1n) is 11.4. The SMILES string of the molecule is C=C/C=C(\C(C)=C(/C)NC(=C)c1n[nH]c2cnc(-c3cncc(N)c3)cc12)n1cnc(C)c1.CC. The number of imidazole rings is 1. The molecule has 4 heterocycles. The van der Waals surface area contributed by atoms with Crippen LogP contribution < -0.4 is 11.1 Å². The number of allylic oxidation sites excluding steroid dienone is 5. The monoisotopic (exact) mass is 468 g/mol. The van der Waals surface area contributed by atoms with Crippen molar-refractivity contribution < 1.29 is 0 Å². The van der Waals surface area contributed by atoms with Crippen LogP contribution in [0.1, 0.15) is 39.1 Å². The second kappa shape index (κ2) is 11.1. The molecular weight excluding hydrogens is 436 g/mol. The van der Waals surface area contributed by atoms with Gasteiger partial charge >= 0.3 is 0 Å². The van der Waals surface area contributed by atoms with Crippen molar-refractivity contribution in [3.05, 3.63) is 91.2 Å². The van der Waals surface area contributed by atoms with Crippen molar-refractivity contribution in [3.63, 3.8) is 0 Å². The number of anilines is 1. The molecule has 4 aromatic heterocycles. The van der Waals surface area contributed by atoms with Gasteiger partial charge in [-0.15, -0.1) is 0 Å². The number of nitrogens with one attached hydrogen (secondary N) is 2. The summed E-state index contributed by atoms with van der Waals surface area (Å²) in [7, 11) is 0. The third-order valence-electron chi connectivity index (χ3n) is 5.34. The lowest BCUT2D eigenvalue weighted by atomic mass is 10.1. The molecule has 0 amide bonds. The number of hydrogen-bond acceptors (Lipinski definition) is 6. The highest BCUT2D eigenvalue weighted by atomic mass is 15.1. The van der Waals surface area contributed by atoms with Crippen LogP contribution in [0, 0.1) is 6.92 Å². The van der Waals surface area contributed by atoms with Gasteiger partial charge in [0.25, 0.3) is 0 Å².